The van der Waals surface area contributed by atoms with E-state index in [9.17, 15) is 24.0 Å². The predicted molar refractivity (Wildman–Crippen MR) is 98.8 cm³/mol. The first-order chi connectivity index (χ1) is 12.2. The smallest absolute Gasteiger partial charge is 0.332 e. The molecule has 1 aliphatic heterocycles. The van der Waals surface area contributed by atoms with Crippen LogP contribution in [0.25, 0.3) is 0 Å². The van der Waals surface area contributed by atoms with E-state index in [0.29, 0.717) is 18.0 Å². The quantitative estimate of drug-likeness (QED) is 0.216. The third-order valence-corrected chi connectivity index (χ3v) is 3.47. The minimum Gasteiger partial charge on any atom is -0.368 e. The summed E-state index contributed by atoms with van der Waals surface area (Å²) in [5.41, 5.74) is 5.14. The Morgan fingerprint density at radius 1 is 1.19 bits per heavy atom. The second-order valence-electron chi connectivity index (χ2n) is 5.62. The van der Waals surface area contributed by atoms with Crippen molar-refractivity contribution in [2.45, 2.75) is 65.8 Å². The number of hydrogen-bond acceptors (Lipinski definition) is 7. The van der Waals surface area contributed by atoms with E-state index < -0.39 is 17.8 Å². The van der Waals surface area contributed by atoms with E-state index in [1.165, 1.54) is 6.92 Å². The maximum Gasteiger partial charge on any atom is 0.332 e. The minimum absolute atomic E-state index is 0. The average Bonchev–Trinajstić information content (AvgIpc) is 2.89. The fourth-order valence-corrected chi connectivity index (χ4v) is 1.99. The molecule has 0 spiro atoms. The van der Waals surface area contributed by atoms with E-state index in [-0.39, 0.29) is 44.5 Å². The van der Waals surface area contributed by atoms with Gasteiger partial charge in [0.2, 0.25) is 11.8 Å². The Labute approximate surface area is 160 Å². The van der Waals surface area contributed by atoms with Gasteiger partial charge in [-0.25, -0.2) is 4.79 Å². The van der Waals surface area contributed by atoms with E-state index in [0.717, 1.165) is 12.8 Å². The lowest BCUT2D eigenvalue weighted by atomic mass is 10.1. The second-order valence-corrected chi connectivity index (χ2v) is 5.62. The number of amides is 4. The molecule has 10 heteroatoms. The fourth-order valence-electron chi connectivity index (χ4n) is 1.99. The highest BCUT2D eigenvalue weighted by atomic mass is 16.7. The van der Waals surface area contributed by atoms with Crippen molar-refractivity contribution in [2.75, 3.05) is 13.6 Å². The molecule has 0 radical (unpaired) electrons. The molecule has 4 amide bonds. The standard InChI is InChI=1S/C9H19N3O2.C7H9NO4.CH4/c1-7(13)12-6-4-3-5-8(11-2)9(10)14;1-2-7(11)12-8-5(9)3-4-6(8)10;/h8,11H,3-6H2,1-2H3,(H2,10,14)(H,12,13);2-4H2,1H3;1H4/i7+1,11+1;2*1+1. The first-order valence-corrected chi connectivity index (χ1v) is 8.50. The molecule has 10 nitrogen and oxygen atoms in total. The van der Waals surface area contributed by atoms with Gasteiger partial charge in [0.05, 0.1) is 6.04 Å². The van der Waals surface area contributed by atoms with Crippen LogP contribution in [-0.4, -0.2) is 54.3 Å². The lowest BCUT2D eigenvalue weighted by molar-refractivity contribution is -0.197. The predicted octanol–water partition coefficient (Wildman–Crippen LogP) is 0.00580. The van der Waals surface area contributed by atoms with Crippen LogP contribution in [-0.2, 0) is 28.8 Å². The molecular weight excluding hydrogens is 360 g/mol. The van der Waals surface area contributed by atoms with Crippen LogP contribution in [0.3, 0.4) is 0 Å². The van der Waals surface area contributed by atoms with E-state index in [1.54, 1.807) is 14.0 Å². The van der Waals surface area contributed by atoms with Gasteiger partial charge in [0.25, 0.3) is 11.8 Å². The summed E-state index contributed by atoms with van der Waals surface area (Å²) in [6.07, 6.45) is 2.87. The van der Waals surface area contributed by atoms with Gasteiger partial charge in [0.1, 0.15) is 0 Å². The number of rotatable bonds is 9. The number of nitrogens with zero attached hydrogens (tertiary/aromatic N) is 1. The molecule has 1 atom stereocenters. The van der Waals surface area contributed by atoms with Gasteiger partial charge < -0.3 is 21.2 Å². The Kier molecular flexibility index (Phi) is 14.5. The topological polar surface area (TPSA) is 148 Å². The number of hydrogen-bond donors (Lipinski definition) is 3. The van der Waals surface area contributed by atoms with E-state index in [1.807, 2.05) is 0 Å². The number of hydroxylamine groups is 2. The molecule has 1 rings (SSSR count). The summed E-state index contributed by atoms with van der Waals surface area (Å²) in [7, 11) is 1.71. The molecule has 0 aromatic carbocycles. The van der Waals surface area contributed by atoms with Crippen molar-refractivity contribution >= 4 is 29.6 Å². The van der Waals surface area contributed by atoms with Crippen LogP contribution in [0.4, 0.5) is 0 Å². The molecule has 4 N–H and O–H groups in total. The van der Waals surface area contributed by atoms with Crippen LogP contribution in [0.15, 0.2) is 0 Å². The number of nitrogens with two attached hydrogens (primary N) is 1. The monoisotopic (exact) mass is 392 g/mol. The zero-order valence-electron chi connectivity index (χ0n) is 15.5. The lowest BCUT2D eigenvalue weighted by Crippen LogP contribution is -2.39. The van der Waals surface area contributed by atoms with Gasteiger partial charge >= 0.3 is 5.97 Å². The number of carbonyl (C=O) groups excluding carboxylic acids is 5. The van der Waals surface area contributed by atoms with Crippen LogP contribution in [0.1, 0.15) is 59.8 Å². The maximum atomic E-state index is 10.9. The number of carbonyl (C=O) groups is 5. The van der Waals surface area contributed by atoms with Crippen molar-refractivity contribution in [1.29, 1.82) is 0 Å². The number of nitrogens with one attached hydrogen (secondary N) is 2. The molecule has 1 saturated heterocycles. The van der Waals surface area contributed by atoms with Crippen molar-refractivity contribution in [1.82, 2.24) is 15.7 Å². The van der Waals surface area contributed by atoms with Crippen molar-refractivity contribution in [2.24, 2.45) is 5.73 Å². The molecule has 0 aromatic rings. The van der Waals surface area contributed by atoms with E-state index in [2.05, 4.69) is 15.5 Å². The summed E-state index contributed by atoms with van der Waals surface area (Å²) in [5.74, 6) is -1.81. The van der Waals surface area contributed by atoms with Crippen LogP contribution in [0.5, 0.6) is 0 Å². The van der Waals surface area contributed by atoms with Gasteiger partial charge in [0, 0.05) is 32.7 Å². The first kappa shape index (κ1) is 26.7. The third-order valence-electron chi connectivity index (χ3n) is 3.47. The number of likely N-dealkylation sites (N-methyl/N-ethyl adjacent to an activating group) is 1. The highest BCUT2D eigenvalue weighted by Gasteiger charge is 2.32. The molecule has 1 fully saturated rings. The fraction of sp³-hybridized carbons (Fsp3) is 0.706. The summed E-state index contributed by atoms with van der Waals surface area (Å²) >= 11 is 0. The number of primary amides is 1. The molecule has 1 unspecified atom stereocenters. The summed E-state index contributed by atoms with van der Waals surface area (Å²) in [4.78, 5) is 58.2. The van der Waals surface area contributed by atoms with E-state index in [4.69, 9.17) is 5.73 Å². The lowest BCUT2D eigenvalue weighted by Gasteiger charge is -2.11. The van der Waals surface area contributed by atoms with Crippen LogP contribution in [0.2, 0.25) is 0 Å². The molecule has 0 aromatic heterocycles. The molecule has 27 heavy (non-hydrogen) atoms. The molecule has 156 valence electrons. The maximum absolute atomic E-state index is 10.9. The second kappa shape index (κ2) is 14.7. The molecule has 1 heterocycles. The largest absolute Gasteiger partial charge is 0.368 e. The molecule has 1 aliphatic rings. The normalized spacial score (nSPS) is 13.8. The van der Waals surface area contributed by atoms with Crippen molar-refractivity contribution in [3.05, 3.63) is 0 Å². The van der Waals surface area contributed by atoms with Crippen molar-refractivity contribution < 1.29 is 28.8 Å². The van der Waals surface area contributed by atoms with Crippen LogP contribution < -0.4 is 16.4 Å². The molecular formula is C17H32N4O6. The minimum atomic E-state index is -0.571. The SMILES string of the molecule is C[15NH]C(CCCCN[13C](C)=O)C(N)=O.[13CH3]CC(=O)ON1C(=O)CCC1=O.[13CH4]. The summed E-state index contributed by atoms with van der Waals surface area (Å²) in [6, 6.07) is -0.257. The number of imide groups is 1. The van der Waals surface area contributed by atoms with Gasteiger partial charge in [-0.05, 0) is 26.3 Å². The summed E-state index contributed by atoms with van der Waals surface area (Å²) in [5, 5.41) is 6.08. The number of unbranched alkanes of at least 4 members (excludes halogenated alkanes) is 1. The van der Waals surface area contributed by atoms with E-state index >= 15 is 0 Å². The molecule has 0 bridgehead atoms. The van der Waals surface area contributed by atoms with Crippen molar-refractivity contribution in [3.63, 3.8) is 0 Å². The van der Waals surface area contributed by atoms with Crippen molar-refractivity contribution in [3.8, 4) is 0 Å². The van der Waals surface area contributed by atoms with Crippen LogP contribution in [0, 0.1) is 0 Å². The first-order valence-electron chi connectivity index (χ1n) is 8.50. The Hall–Kier alpha value is -2.49. The molecule has 0 saturated carbocycles. The van der Waals surface area contributed by atoms with Gasteiger partial charge in [-0.15, -0.1) is 5.06 Å². The average molecular weight is 392 g/mol. The Morgan fingerprint density at radius 2 is 1.74 bits per heavy atom. The van der Waals surface area contributed by atoms with Gasteiger partial charge in [-0.3, -0.25) is 19.2 Å². The summed E-state index contributed by atoms with van der Waals surface area (Å²) in [6.45, 7) is 3.73. The molecule has 0 aliphatic carbocycles. The van der Waals surface area contributed by atoms with Gasteiger partial charge in [0.15, 0.2) is 0 Å². The van der Waals surface area contributed by atoms with Crippen LogP contribution >= 0.6 is 0 Å². The van der Waals surface area contributed by atoms with Gasteiger partial charge in [-0.1, -0.05) is 14.4 Å². The zero-order valence-corrected chi connectivity index (χ0v) is 15.5. The highest BCUT2D eigenvalue weighted by Crippen LogP contribution is 2.12. The Bertz CT molecular complexity index is 508. The Balaban J connectivity index is 0. The zero-order chi connectivity index (χ0) is 20.1. The highest BCUT2D eigenvalue weighted by molar-refractivity contribution is 6.01. The van der Waals surface area contributed by atoms with Gasteiger partial charge in [-0.2, -0.15) is 0 Å². The summed E-state index contributed by atoms with van der Waals surface area (Å²) < 4.78 is 0. The Morgan fingerprint density at radius 3 is 2.15 bits per heavy atom. The third kappa shape index (κ3) is 11.7.